The predicted octanol–water partition coefficient (Wildman–Crippen LogP) is 4.71. The van der Waals surface area contributed by atoms with E-state index in [1.807, 2.05) is 61.5 Å². The number of aliphatic imine (C=N–C) groups is 1. The van der Waals surface area contributed by atoms with Crippen molar-refractivity contribution in [1.29, 1.82) is 0 Å². The van der Waals surface area contributed by atoms with Gasteiger partial charge in [-0.05, 0) is 36.8 Å². The number of nitrogens with two attached hydrogens (primary N) is 1. The van der Waals surface area contributed by atoms with Gasteiger partial charge in [0.1, 0.15) is 0 Å². The number of carbonyl (C=O) groups is 2. The number of ether oxygens (including phenoxy) is 1. The lowest BCUT2D eigenvalue weighted by molar-refractivity contribution is -0.146. The average Bonchev–Trinajstić information content (AvgIpc) is 2.85. The number of hydrogen-bond donors (Lipinski definition) is 2. The first-order valence-electron chi connectivity index (χ1n) is 12.3. The van der Waals surface area contributed by atoms with Gasteiger partial charge in [0.15, 0.2) is 0 Å². The number of anilines is 1. The first kappa shape index (κ1) is 31.4. The fourth-order valence-electron chi connectivity index (χ4n) is 3.72. The molecule has 0 radical (unpaired) electrons. The van der Waals surface area contributed by atoms with E-state index in [-0.39, 0.29) is 30.8 Å². The van der Waals surface area contributed by atoms with E-state index >= 15 is 0 Å². The lowest BCUT2D eigenvalue weighted by Gasteiger charge is -2.39. The highest BCUT2D eigenvalue weighted by atomic mass is 19.4. The molecular formula is C28H36F3N5O3. The molecule has 2 amide bonds. The maximum absolute atomic E-state index is 12.6. The van der Waals surface area contributed by atoms with E-state index < -0.39 is 6.18 Å². The molecule has 3 N–H and O–H groups in total. The van der Waals surface area contributed by atoms with E-state index in [4.69, 9.17) is 15.5 Å². The standard InChI is InChI=1S/C26H33N5O3.C2H3F3/c1-18(34-4)25(29-22-8-6-5-7-9-22)24(14-27)28-23-12-10-20(11-13-23)15-30(3)26(33)21-16-31(17-21)19(2)32;1-2(3,4)5/h5-14,18,21,28H,15-17,27H2,1-4H3;1H3/b24-14+,29-25?;/t18-;/m0./s1. The van der Waals surface area contributed by atoms with Gasteiger partial charge in [-0.1, -0.05) is 30.3 Å². The lowest BCUT2D eigenvalue weighted by atomic mass is 9.98. The fraction of sp³-hybridized carbons (Fsp3) is 0.393. The molecule has 1 atom stereocenters. The van der Waals surface area contributed by atoms with Crippen LogP contribution in [0.3, 0.4) is 0 Å². The van der Waals surface area contributed by atoms with Crippen molar-refractivity contribution >= 4 is 28.9 Å². The summed E-state index contributed by atoms with van der Waals surface area (Å²) in [6.45, 7) is 5.13. The molecule has 1 fully saturated rings. The summed E-state index contributed by atoms with van der Waals surface area (Å²) in [6, 6.07) is 17.5. The highest BCUT2D eigenvalue weighted by molar-refractivity contribution is 6.06. The molecule has 1 aliphatic heterocycles. The molecule has 0 aliphatic carbocycles. The summed E-state index contributed by atoms with van der Waals surface area (Å²) >= 11 is 0. The molecule has 8 nitrogen and oxygen atoms in total. The Hall–Kier alpha value is -3.86. The van der Waals surface area contributed by atoms with Gasteiger partial charge in [0.05, 0.1) is 29.1 Å². The molecule has 1 saturated heterocycles. The van der Waals surface area contributed by atoms with Crippen molar-refractivity contribution in [3.63, 3.8) is 0 Å². The number of halogens is 3. The van der Waals surface area contributed by atoms with Crippen LogP contribution in [-0.2, 0) is 20.9 Å². The van der Waals surface area contributed by atoms with E-state index in [0.717, 1.165) is 16.9 Å². The van der Waals surface area contributed by atoms with Crippen LogP contribution in [-0.4, -0.2) is 66.9 Å². The van der Waals surface area contributed by atoms with Crippen LogP contribution >= 0.6 is 0 Å². The van der Waals surface area contributed by atoms with Crippen molar-refractivity contribution < 1.29 is 27.5 Å². The number of benzene rings is 2. The van der Waals surface area contributed by atoms with Crippen LogP contribution in [0, 0.1) is 5.92 Å². The van der Waals surface area contributed by atoms with E-state index in [9.17, 15) is 22.8 Å². The number of rotatable bonds is 9. The number of para-hydroxylation sites is 1. The van der Waals surface area contributed by atoms with Crippen LogP contribution in [0.4, 0.5) is 24.5 Å². The number of methoxy groups -OCH3 is 1. The Morgan fingerprint density at radius 2 is 1.74 bits per heavy atom. The van der Waals surface area contributed by atoms with E-state index in [1.165, 1.54) is 13.1 Å². The van der Waals surface area contributed by atoms with Crippen molar-refractivity contribution in [2.45, 2.75) is 39.6 Å². The van der Waals surface area contributed by atoms with Crippen LogP contribution in [0.1, 0.15) is 26.3 Å². The summed E-state index contributed by atoms with van der Waals surface area (Å²) in [5.41, 5.74) is 9.94. The maximum Gasteiger partial charge on any atom is 0.386 e. The first-order chi connectivity index (χ1) is 18.3. The van der Waals surface area contributed by atoms with Gasteiger partial charge < -0.3 is 25.6 Å². The van der Waals surface area contributed by atoms with Crippen molar-refractivity contribution in [2.75, 3.05) is 32.6 Å². The molecular weight excluding hydrogens is 511 g/mol. The fourth-order valence-corrected chi connectivity index (χ4v) is 3.72. The topological polar surface area (TPSA) is 100 Å². The number of alkyl halides is 3. The second-order valence-electron chi connectivity index (χ2n) is 9.21. The minimum atomic E-state index is -4.00. The number of nitrogens with one attached hydrogen (secondary N) is 1. The van der Waals surface area contributed by atoms with Crippen LogP contribution in [0.25, 0.3) is 0 Å². The van der Waals surface area contributed by atoms with Crippen molar-refractivity contribution in [1.82, 2.24) is 9.80 Å². The quantitative estimate of drug-likeness (QED) is 0.443. The minimum absolute atomic E-state index is 0.0116. The molecule has 1 heterocycles. The summed E-state index contributed by atoms with van der Waals surface area (Å²) in [4.78, 5) is 32.1. The summed E-state index contributed by atoms with van der Waals surface area (Å²) in [5, 5.41) is 3.33. The summed E-state index contributed by atoms with van der Waals surface area (Å²) in [5.74, 6) is -0.0434. The molecule has 0 spiro atoms. The number of amides is 2. The normalized spacial score (nSPS) is 15.0. The Morgan fingerprint density at radius 3 is 2.23 bits per heavy atom. The highest BCUT2D eigenvalue weighted by Crippen LogP contribution is 2.21. The van der Waals surface area contributed by atoms with Gasteiger partial charge in [0.25, 0.3) is 0 Å². The Morgan fingerprint density at radius 1 is 1.18 bits per heavy atom. The second kappa shape index (κ2) is 14.3. The summed E-state index contributed by atoms with van der Waals surface area (Å²) < 4.78 is 36.6. The van der Waals surface area contributed by atoms with Gasteiger partial charge in [-0.3, -0.25) is 9.59 Å². The Labute approximate surface area is 227 Å². The molecule has 0 saturated carbocycles. The Bertz CT molecular complexity index is 1140. The molecule has 2 aromatic carbocycles. The largest absolute Gasteiger partial charge is 0.403 e. The van der Waals surface area contributed by atoms with Gasteiger partial charge in [0, 0.05) is 59.5 Å². The zero-order chi connectivity index (χ0) is 29.2. The third-order valence-electron chi connectivity index (χ3n) is 5.89. The third kappa shape index (κ3) is 10.4. The van der Waals surface area contributed by atoms with Crippen molar-refractivity contribution in [2.24, 2.45) is 16.6 Å². The summed E-state index contributed by atoms with van der Waals surface area (Å²) in [7, 11) is 3.42. The van der Waals surface area contributed by atoms with E-state index in [0.29, 0.717) is 31.0 Å². The molecule has 2 aromatic rings. The third-order valence-corrected chi connectivity index (χ3v) is 5.89. The number of likely N-dealkylation sites (tertiary alicyclic amines) is 1. The molecule has 1 aliphatic rings. The maximum atomic E-state index is 12.6. The zero-order valence-corrected chi connectivity index (χ0v) is 22.8. The predicted molar refractivity (Wildman–Crippen MR) is 146 cm³/mol. The van der Waals surface area contributed by atoms with Gasteiger partial charge in [0.2, 0.25) is 11.8 Å². The van der Waals surface area contributed by atoms with Crippen LogP contribution in [0.15, 0.2) is 71.5 Å². The molecule has 0 unspecified atom stereocenters. The molecule has 3 rings (SSSR count). The Balaban J connectivity index is 0.000000976. The SMILES string of the molecule is CC(F)(F)F.CO[C@@H](C)C(=Nc1ccccc1)/C(=C\N)Nc1ccc(CN(C)C(=O)C2CN(C(C)=O)C2)cc1. The van der Waals surface area contributed by atoms with E-state index in [2.05, 4.69) is 5.32 Å². The number of nitrogens with zero attached hydrogens (tertiary/aromatic N) is 3. The zero-order valence-electron chi connectivity index (χ0n) is 22.8. The molecule has 212 valence electrons. The smallest absolute Gasteiger partial charge is 0.386 e. The van der Waals surface area contributed by atoms with Crippen molar-refractivity contribution in [3.8, 4) is 0 Å². The van der Waals surface area contributed by atoms with Crippen LogP contribution in [0.5, 0.6) is 0 Å². The molecule has 11 heteroatoms. The number of hydrogen-bond acceptors (Lipinski definition) is 6. The van der Waals surface area contributed by atoms with Gasteiger partial charge in [-0.25, -0.2) is 4.99 Å². The van der Waals surface area contributed by atoms with Gasteiger partial charge >= 0.3 is 6.18 Å². The molecule has 0 aromatic heterocycles. The summed E-state index contributed by atoms with van der Waals surface area (Å²) in [6.07, 6.45) is -2.78. The minimum Gasteiger partial charge on any atom is -0.403 e. The Kier molecular flexibility index (Phi) is 11.5. The van der Waals surface area contributed by atoms with E-state index in [1.54, 1.807) is 24.0 Å². The van der Waals surface area contributed by atoms with Gasteiger partial charge in [-0.15, -0.1) is 0 Å². The monoisotopic (exact) mass is 547 g/mol. The average molecular weight is 548 g/mol. The van der Waals surface area contributed by atoms with Crippen molar-refractivity contribution in [3.05, 3.63) is 72.1 Å². The first-order valence-corrected chi connectivity index (χ1v) is 12.3. The van der Waals surface area contributed by atoms with Gasteiger partial charge in [-0.2, -0.15) is 13.2 Å². The highest BCUT2D eigenvalue weighted by Gasteiger charge is 2.35. The van der Waals surface area contributed by atoms with Crippen LogP contribution < -0.4 is 11.1 Å². The molecule has 39 heavy (non-hydrogen) atoms. The lowest BCUT2D eigenvalue weighted by Crippen LogP contribution is -2.55. The van der Waals surface area contributed by atoms with Crippen LogP contribution in [0.2, 0.25) is 0 Å². The molecule has 0 bridgehead atoms. The number of carbonyl (C=O) groups excluding carboxylic acids is 2. The second-order valence-corrected chi connectivity index (χ2v) is 9.21.